The molecular formula is C26H36I2V. The van der Waals surface area contributed by atoms with Crippen molar-refractivity contribution in [2.75, 3.05) is 0 Å². The molecule has 0 bridgehead atoms. The molecule has 0 fully saturated rings. The third kappa shape index (κ3) is 11.8. The molecule has 0 unspecified atom stereocenters. The van der Waals surface area contributed by atoms with Gasteiger partial charge in [-0.05, 0) is 76.7 Å². The molecule has 0 aliphatic rings. The minimum absolute atomic E-state index is 0. The van der Waals surface area contributed by atoms with E-state index in [1.807, 2.05) is 0 Å². The molecule has 29 heavy (non-hydrogen) atoms. The van der Waals surface area contributed by atoms with E-state index in [4.69, 9.17) is 0 Å². The first kappa shape index (κ1) is 31.2. The van der Waals surface area contributed by atoms with Crippen LogP contribution in [0.1, 0.15) is 76.6 Å². The second-order valence-corrected chi connectivity index (χ2v) is 7.40. The van der Waals surface area contributed by atoms with E-state index in [0.29, 0.717) is 0 Å². The summed E-state index contributed by atoms with van der Waals surface area (Å²) in [5, 5.41) is 0. The molecule has 0 aliphatic heterocycles. The molecule has 3 heteroatoms. The number of benzene rings is 2. The van der Waals surface area contributed by atoms with E-state index in [0.717, 1.165) is 12.8 Å². The van der Waals surface area contributed by atoms with Gasteiger partial charge in [0.25, 0.3) is 0 Å². The molecule has 2 aromatic rings. The van der Waals surface area contributed by atoms with Crippen molar-refractivity contribution < 1.29 is 18.6 Å². The van der Waals surface area contributed by atoms with E-state index >= 15 is 0 Å². The van der Waals surface area contributed by atoms with Crippen molar-refractivity contribution in [2.24, 2.45) is 0 Å². The van der Waals surface area contributed by atoms with Gasteiger partial charge in [-0.2, -0.15) is 0 Å². The Kier molecular flexibility index (Phi) is 18.9. The molecule has 0 aromatic heterocycles. The van der Waals surface area contributed by atoms with Gasteiger partial charge in [-0.15, -0.1) is 0 Å². The molecule has 0 amide bonds. The third-order valence-electron chi connectivity index (χ3n) is 4.65. The Morgan fingerprint density at radius 1 is 0.655 bits per heavy atom. The number of halogens is 2. The molecule has 1 radical (unpaired) electrons. The fourth-order valence-electron chi connectivity index (χ4n) is 3.36. The minimum Gasteiger partial charge on any atom is -0.0726 e. The summed E-state index contributed by atoms with van der Waals surface area (Å²) in [5.74, 6) is 0. The van der Waals surface area contributed by atoms with Gasteiger partial charge < -0.3 is 0 Å². The fourth-order valence-corrected chi connectivity index (χ4v) is 3.36. The molecule has 0 saturated carbocycles. The molecule has 0 atom stereocenters. The molecule has 0 heterocycles. The van der Waals surface area contributed by atoms with Crippen molar-refractivity contribution in [3.63, 3.8) is 0 Å². The van der Waals surface area contributed by atoms with Gasteiger partial charge >= 0.3 is 0 Å². The SMILES string of the molecule is CCC(=C(C)C)c1cccc(C)c1.CCC(=C(C)C)c1cccc(C)c1.II.[V]. The molecule has 159 valence electrons. The maximum absolute atomic E-state index is 2.26. The van der Waals surface area contributed by atoms with Gasteiger partial charge in [0, 0.05) is 55.8 Å². The zero-order chi connectivity index (χ0) is 21.7. The first-order chi connectivity index (χ1) is 13.3. The predicted octanol–water partition coefficient (Wildman–Crippen LogP) is 10.2. The summed E-state index contributed by atoms with van der Waals surface area (Å²) in [6, 6.07) is 17.4. The Bertz CT molecular complexity index is 713. The summed E-state index contributed by atoms with van der Waals surface area (Å²) in [7, 11) is 0. The van der Waals surface area contributed by atoms with Gasteiger partial charge in [-0.1, -0.05) is 84.7 Å². The van der Waals surface area contributed by atoms with Gasteiger partial charge in [-0.3, -0.25) is 0 Å². The van der Waals surface area contributed by atoms with Gasteiger partial charge in [0.15, 0.2) is 0 Å². The largest absolute Gasteiger partial charge is 0.0726 e. The maximum Gasteiger partial charge on any atom is 0 e. The quantitative estimate of drug-likeness (QED) is 0.288. The van der Waals surface area contributed by atoms with Gasteiger partial charge in [-0.25, -0.2) is 0 Å². The predicted molar refractivity (Wildman–Crippen MR) is 148 cm³/mol. The average molecular weight is 653 g/mol. The number of hydrogen-bond acceptors (Lipinski definition) is 0. The number of hydrogen-bond donors (Lipinski definition) is 0. The molecule has 0 saturated heterocycles. The number of rotatable bonds is 4. The Morgan fingerprint density at radius 2 is 0.966 bits per heavy atom. The van der Waals surface area contributed by atoms with E-state index in [2.05, 4.69) is 141 Å². The summed E-state index contributed by atoms with van der Waals surface area (Å²) < 4.78 is 0. The second kappa shape index (κ2) is 17.6. The van der Waals surface area contributed by atoms with Crippen molar-refractivity contribution in [3.8, 4) is 0 Å². The summed E-state index contributed by atoms with van der Waals surface area (Å²) in [6.45, 7) is 17.4. The van der Waals surface area contributed by atoms with Crippen LogP contribution in [0, 0.1) is 13.8 Å². The smallest absolute Gasteiger partial charge is 0 e. The molecule has 0 nitrogen and oxygen atoms in total. The maximum atomic E-state index is 2.26. The zero-order valence-corrected chi connectivity index (χ0v) is 24.9. The van der Waals surface area contributed by atoms with E-state index in [-0.39, 0.29) is 18.6 Å². The minimum atomic E-state index is 0. The fraction of sp³-hybridized carbons (Fsp3) is 0.385. The van der Waals surface area contributed by atoms with Crippen LogP contribution >= 0.6 is 37.2 Å². The Balaban J connectivity index is 0. The molecule has 2 rings (SSSR count). The molecule has 2 aromatic carbocycles. The van der Waals surface area contributed by atoms with Crippen LogP contribution in [-0.4, -0.2) is 0 Å². The van der Waals surface area contributed by atoms with Crippen LogP contribution in [0.3, 0.4) is 0 Å². The van der Waals surface area contributed by atoms with Crippen molar-refractivity contribution in [1.82, 2.24) is 0 Å². The van der Waals surface area contributed by atoms with E-state index < -0.39 is 0 Å². The van der Waals surface area contributed by atoms with Crippen molar-refractivity contribution in [2.45, 2.75) is 68.2 Å². The summed E-state index contributed by atoms with van der Waals surface area (Å²) >= 11 is 4.24. The summed E-state index contributed by atoms with van der Waals surface area (Å²) in [4.78, 5) is 0. The standard InChI is InChI=1S/2C13H18.I2.V/c2*1-5-13(10(2)3)12-8-6-7-11(4)9-12;1-2;/h2*6-9H,5H2,1-4H3;;. The second-order valence-electron chi connectivity index (χ2n) is 7.40. The molecule has 0 spiro atoms. The van der Waals surface area contributed by atoms with Crippen molar-refractivity contribution in [1.29, 1.82) is 0 Å². The monoisotopic (exact) mass is 653 g/mol. The van der Waals surface area contributed by atoms with Crippen LogP contribution in [-0.2, 0) is 18.6 Å². The summed E-state index contributed by atoms with van der Waals surface area (Å²) in [6.07, 6.45) is 2.23. The normalized spacial score (nSPS) is 9.03. The summed E-state index contributed by atoms with van der Waals surface area (Å²) in [5.41, 5.74) is 11.2. The van der Waals surface area contributed by atoms with E-state index in [1.165, 1.54) is 44.5 Å². The van der Waals surface area contributed by atoms with Crippen LogP contribution in [0.2, 0.25) is 0 Å². The van der Waals surface area contributed by atoms with Gasteiger partial charge in [0.1, 0.15) is 0 Å². The van der Waals surface area contributed by atoms with Crippen LogP contribution in [0.15, 0.2) is 59.7 Å². The van der Waals surface area contributed by atoms with Crippen LogP contribution in [0.5, 0.6) is 0 Å². The Labute approximate surface area is 215 Å². The van der Waals surface area contributed by atoms with Gasteiger partial charge in [0.05, 0.1) is 0 Å². The van der Waals surface area contributed by atoms with Crippen LogP contribution < -0.4 is 0 Å². The Hall–Kier alpha value is -0.0356. The first-order valence-corrected chi connectivity index (χ1v) is 16.2. The number of allylic oxidation sites excluding steroid dienone is 4. The van der Waals surface area contributed by atoms with Gasteiger partial charge in [0.2, 0.25) is 0 Å². The van der Waals surface area contributed by atoms with E-state index in [9.17, 15) is 0 Å². The molecule has 0 aliphatic carbocycles. The first-order valence-electron chi connectivity index (χ1n) is 9.91. The van der Waals surface area contributed by atoms with Crippen LogP contribution in [0.4, 0.5) is 0 Å². The molecular weight excluding hydrogens is 617 g/mol. The van der Waals surface area contributed by atoms with Crippen molar-refractivity contribution >= 4 is 48.4 Å². The zero-order valence-electron chi connectivity index (χ0n) is 19.2. The average Bonchev–Trinajstić information content (AvgIpc) is 2.65. The number of aryl methyl sites for hydroxylation is 2. The van der Waals surface area contributed by atoms with Crippen LogP contribution in [0.25, 0.3) is 11.1 Å². The van der Waals surface area contributed by atoms with E-state index in [1.54, 1.807) is 0 Å². The molecule has 0 N–H and O–H groups in total. The third-order valence-corrected chi connectivity index (χ3v) is 4.65. The Morgan fingerprint density at radius 3 is 1.17 bits per heavy atom. The topological polar surface area (TPSA) is 0 Å². The van der Waals surface area contributed by atoms with Crippen molar-refractivity contribution in [3.05, 3.63) is 81.9 Å².